The number of phenols is 1. The Bertz CT molecular complexity index is 1260. The zero-order valence-electron chi connectivity index (χ0n) is 21.8. The van der Waals surface area contributed by atoms with Crippen LogP contribution >= 0.6 is 0 Å². The molecule has 0 spiro atoms. The first-order valence-electron chi connectivity index (χ1n) is 12.3. The van der Waals surface area contributed by atoms with Gasteiger partial charge in [-0.05, 0) is 43.8 Å². The molecule has 3 aliphatic carbocycles. The largest absolute Gasteiger partial charge is 0.508 e. The Morgan fingerprint density at radius 1 is 1.19 bits per heavy atom. The number of primary amides is 1. The van der Waals surface area contributed by atoms with E-state index in [1.54, 1.807) is 26.2 Å². The van der Waals surface area contributed by atoms with Crippen LogP contribution in [-0.4, -0.2) is 75.1 Å². The number of aliphatic hydroxyl groups excluding tert-OH is 2. The molecule has 200 valence electrons. The number of phenolic OH excluding ortho intramolecular Hbond substituents is 1. The number of fused-ring (bicyclic) bond motifs is 3. The lowest BCUT2D eigenvalue weighted by Gasteiger charge is -2.50. The number of nitrogens with one attached hydrogen (secondary N) is 1. The standard InChI is InChI=1S/C27H35N3O7/c1-26(2,3)11-29-10-13-7-6-12-8-14-9-15-19(30(4)5)22(33)18(25(28)36)24(35)27(15,37)23(34)17(14)21(32)16(12)20(13)31/h6-7,14-15,19,29,31-32,35,37H,8-11H2,1-5H3,(H2,28,36)/t14-,15-,19?,27-/m0/s1. The molecule has 0 aromatic heterocycles. The minimum atomic E-state index is -2.63. The molecule has 3 aliphatic rings. The Morgan fingerprint density at radius 3 is 2.41 bits per heavy atom. The normalized spacial score (nSPS) is 27.8. The average molecular weight is 514 g/mol. The van der Waals surface area contributed by atoms with Crippen molar-refractivity contribution in [2.45, 2.75) is 51.8 Å². The second kappa shape index (κ2) is 8.97. The smallest absolute Gasteiger partial charge is 0.255 e. The number of amides is 1. The number of carbonyl (C=O) groups is 3. The number of ketones is 2. The second-order valence-corrected chi connectivity index (χ2v) is 11.7. The molecule has 10 heteroatoms. The van der Waals surface area contributed by atoms with Crippen molar-refractivity contribution in [1.82, 2.24) is 10.2 Å². The van der Waals surface area contributed by atoms with Crippen LogP contribution in [0.25, 0.3) is 5.76 Å². The molecule has 0 heterocycles. The van der Waals surface area contributed by atoms with Gasteiger partial charge >= 0.3 is 0 Å². The van der Waals surface area contributed by atoms with E-state index >= 15 is 0 Å². The van der Waals surface area contributed by atoms with Crippen molar-refractivity contribution in [3.63, 3.8) is 0 Å². The lowest BCUT2D eigenvalue weighted by Crippen LogP contribution is -2.65. The van der Waals surface area contributed by atoms with Gasteiger partial charge in [0.1, 0.15) is 22.8 Å². The van der Waals surface area contributed by atoms with Crippen LogP contribution in [0.1, 0.15) is 43.9 Å². The van der Waals surface area contributed by atoms with Crippen molar-refractivity contribution >= 4 is 23.2 Å². The predicted octanol–water partition coefficient (Wildman–Crippen LogP) is 1.10. The molecule has 1 fully saturated rings. The van der Waals surface area contributed by atoms with Crippen LogP contribution in [0.5, 0.6) is 5.75 Å². The summed E-state index contributed by atoms with van der Waals surface area (Å²) in [7, 11) is 3.14. The summed E-state index contributed by atoms with van der Waals surface area (Å²) in [5.41, 5.74) is 3.02. The van der Waals surface area contributed by atoms with Crippen LogP contribution in [0, 0.1) is 17.3 Å². The van der Waals surface area contributed by atoms with Gasteiger partial charge in [-0.3, -0.25) is 19.3 Å². The molecule has 1 amide bonds. The first kappa shape index (κ1) is 26.8. The maximum atomic E-state index is 13.8. The molecule has 0 aliphatic heterocycles. The van der Waals surface area contributed by atoms with Crippen molar-refractivity contribution in [2.75, 3.05) is 20.6 Å². The molecule has 7 N–H and O–H groups in total. The summed E-state index contributed by atoms with van der Waals surface area (Å²) in [6, 6.07) is 2.46. The molecule has 1 aromatic rings. The van der Waals surface area contributed by atoms with Crippen LogP contribution in [0.4, 0.5) is 0 Å². The molecule has 1 aromatic carbocycles. The van der Waals surface area contributed by atoms with E-state index in [1.165, 1.54) is 4.90 Å². The van der Waals surface area contributed by atoms with E-state index in [4.69, 9.17) is 5.73 Å². The fraction of sp³-hybridized carbons (Fsp3) is 0.519. The highest BCUT2D eigenvalue weighted by Gasteiger charge is 2.64. The third-order valence-corrected chi connectivity index (χ3v) is 7.65. The summed E-state index contributed by atoms with van der Waals surface area (Å²) in [5.74, 6) is -6.44. The Kier molecular flexibility index (Phi) is 6.51. The van der Waals surface area contributed by atoms with Gasteiger partial charge in [0.25, 0.3) is 5.91 Å². The number of nitrogens with two attached hydrogens (primary N) is 1. The number of Topliss-reactive ketones (excluding diaryl/α,β-unsaturated/α-hetero) is 2. The van der Waals surface area contributed by atoms with Crippen molar-refractivity contribution in [3.8, 4) is 5.75 Å². The Balaban J connectivity index is 1.83. The minimum Gasteiger partial charge on any atom is -0.508 e. The molecule has 10 nitrogen and oxygen atoms in total. The topological polar surface area (TPSA) is 173 Å². The van der Waals surface area contributed by atoms with Crippen LogP contribution in [-0.2, 0) is 27.3 Å². The van der Waals surface area contributed by atoms with Crippen molar-refractivity contribution in [3.05, 3.63) is 45.7 Å². The number of nitrogens with zero attached hydrogens (tertiary/aromatic N) is 1. The molecule has 4 rings (SSSR count). The van der Waals surface area contributed by atoms with E-state index < -0.39 is 58.0 Å². The van der Waals surface area contributed by atoms with Gasteiger partial charge in [0, 0.05) is 30.1 Å². The quantitative estimate of drug-likeness (QED) is 0.315. The monoisotopic (exact) mass is 513 g/mol. The van der Waals surface area contributed by atoms with Gasteiger partial charge in [-0.15, -0.1) is 0 Å². The fourth-order valence-electron chi connectivity index (χ4n) is 5.98. The number of rotatable bonds is 5. The van der Waals surface area contributed by atoms with E-state index in [9.17, 15) is 34.8 Å². The highest BCUT2D eigenvalue weighted by atomic mass is 16.3. The maximum Gasteiger partial charge on any atom is 0.255 e. The Hall–Kier alpha value is -3.21. The van der Waals surface area contributed by atoms with E-state index in [0.717, 1.165) is 0 Å². The fourth-order valence-corrected chi connectivity index (χ4v) is 5.98. The molecular weight excluding hydrogens is 478 g/mol. The third kappa shape index (κ3) is 4.13. The van der Waals surface area contributed by atoms with E-state index in [1.807, 2.05) is 0 Å². The maximum absolute atomic E-state index is 13.8. The summed E-state index contributed by atoms with van der Waals surface area (Å²) in [5, 5.41) is 48.1. The lowest BCUT2D eigenvalue weighted by molar-refractivity contribution is -0.153. The van der Waals surface area contributed by atoms with Crippen LogP contribution in [0.2, 0.25) is 0 Å². The molecule has 1 unspecified atom stereocenters. The van der Waals surface area contributed by atoms with Gasteiger partial charge in [-0.25, -0.2) is 0 Å². The molecular formula is C27H35N3O7. The van der Waals surface area contributed by atoms with Crippen molar-refractivity contribution in [2.24, 2.45) is 23.0 Å². The van der Waals surface area contributed by atoms with Gasteiger partial charge in [0.15, 0.2) is 11.4 Å². The first-order chi connectivity index (χ1) is 17.1. The average Bonchev–Trinajstić information content (AvgIpc) is 2.76. The molecule has 37 heavy (non-hydrogen) atoms. The third-order valence-electron chi connectivity index (χ3n) is 7.65. The predicted molar refractivity (Wildman–Crippen MR) is 135 cm³/mol. The summed E-state index contributed by atoms with van der Waals surface area (Å²) in [6.45, 7) is 7.24. The SMILES string of the molecule is CN(C)C1C(=O)C(C(N)=O)=C(O)[C@@]2(O)C(=O)C3=C(O)c4c(ccc(CNCC(C)(C)C)c4O)C[C@H]3C[C@@H]12. The molecule has 4 atom stereocenters. The van der Waals surface area contributed by atoms with E-state index in [-0.39, 0.29) is 35.1 Å². The van der Waals surface area contributed by atoms with Crippen LogP contribution < -0.4 is 11.1 Å². The highest BCUT2D eigenvalue weighted by Crippen LogP contribution is 2.52. The molecule has 0 bridgehead atoms. The number of aliphatic hydroxyl groups is 3. The number of benzene rings is 1. The van der Waals surface area contributed by atoms with Gasteiger partial charge in [-0.2, -0.15) is 0 Å². The number of hydrogen-bond acceptors (Lipinski definition) is 9. The zero-order chi connectivity index (χ0) is 27.6. The number of likely N-dealkylation sites (N-methyl/N-ethyl adjacent to an activating group) is 1. The van der Waals surface area contributed by atoms with Gasteiger partial charge < -0.3 is 31.5 Å². The van der Waals surface area contributed by atoms with Gasteiger partial charge in [0.05, 0.1) is 11.6 Å². The van der Waals surface area contributed by atoms with Gasteiger partial charge in [0.2, 0.25) is 5.78 Å². The minimum absolute atomic E-state index is 0.0206. The Labute approximate surface area is 215 Å². The Morgan fingerprint density at radius 2 is 1.84 bits per heavy atom. The van der Waals surface area contributed by atoms with Crippen LogP contribution in [0.15, 0.2) is 29.0 Å². The summed E-state index contributed by atoms with van der Waals surface area (Å²) < 4.78 is 0. The van der Waals surface area contributed by atoms with Crippen molar-refractivity contribution < 1.29 is 34.8 Å². The number of hydrogen-bond donors (Lipinski definition) is 6. The summed E-state index contributed by atoms with van der Waals surface area (Å²) in [6.07, 6.45) is 0.346. The van der Waals surface area contributed by atoms with Crippen molar-refractivity contribution in [1.29, 1.82) is 0 Å². The molecule has 0 radical (unpaired) electrons. The number of carbonyl (C=O) groups excluding carboxylic acids is 3. The molecule has 1 saturated carbocycles. The van der Waals surface area contributed by atoms with E-state index in [0.29, 0.717) is 24.2 Å². The second-order valence-electron chi connectivity index (χ2n) is 11.7. The van der Waals surface area contributed by atoms with Gasteiger partial charge in [-0.1, -0.05) is 32.9 Å². The van der Waals surface area contributed by atoms with Crippen LogP contribution in [0.3, 0.4) is 0 Å². The molecule has 0 saturated heterocycles. The lowest BCUT2D eigenvalue weighted by atomic mass is 9.57. The summed E-state index contributed by atoms with van der Waals surface area (Å²) in [4.78, 5) is 40.5. The first-order valence-corrected chi connectivity index (χ1v) is 12.3. The number of aromatic hydroxyl groups is 1. The zero-order valence-corrected chi connectivity index (χ0v) is 21.8. The highest BCUT2D eigenvalue weighted by molar-refractivity contribution is 6.24. The summed E-state index contributed by atoms with van der Waals surface area (Å²) >= 11 is 0. The van der Waals surface area contributed by atoms with E-state index in [2.05, 4.69) is 26.1 Å².